The average Bonchev–Trinajstić information content (AvgIpc) is 2.52. The molecule has 21 heavy (non-hydrogen) atoms. The quantitative estimate of drug-likeness (QED) is 0.849. The third-order valence-electron chi connectivity index (χ3n) is 3.35. The van der Waals surface area contributed by atoms with Crippen LogP contribution in [0.4, 0.5) is 4.39 Å². The molecule has 2 aromatic heterocycles. The minimum atomic E-state index is -0.664. The molecule has 0 aromatic carbocycles. The predicted molar refractivity (Wildman–Crippen MR) is 79.2 cm³/mol. The van der Waals surface area contributed by atoms with E-state index in [0.29, 0.717) is 12.1 Å². The van der Waals surface area contributed by atoms with E-state index in [2.05, 4.69) is 14.9 Å². The van der Waals surface area contributed by atoms with Gasteiger partial charge in [0.25, 0.3) is 0 Å². The summed E-state index contributed by atoms with van der Waals surface area (Å²) in [6.07, 6.45) is 3.70. The number of halogens is 1. The van der Waals surface area contributed by atoms with Gasteiger partial charge in [-0.2, -0.15) is 0 Å². The fourth-order valence-corrected chi connectivity index (χ4v) is 2.04. The van der Waals surface area contributed by atoms with Crippen LogP contribution in [0.1, 0.15) is 23.9 Å². The Balaban J connectivity index is 1.73. The first-order chi connectivity index (χ1) is 10.1. The summed E-state index contributed by atoms with van der Waals surface area (Å²) in [5.41, 5.74) is 1.57. The van der Waals surface area contributed by atoms with Crippen molar-refractivity contribution in [3.63, 3.8) is 0 Å². The number of nitrogens with zero attached hydrogens (tertiary/aromatic N) is 3. The molecule has 4 nitrogen and oxygen atoms in total. The van der Waals surface area contributed by atoms with Crippen molar-refractivity contribution in [2.45, 2.75) is 18.9 Å². The van der Waals surface area contributed by atoms with Gasteiger partial charge in [0.1, 0.15) is 5.82 Å². The van der Waals surface area contributed by atoms with E-state index in [1.165, 1.54) is 12.1 Å². The van der Waals surface area contributed by atoms with Crippen molar-refractivity contribution >= 4 is 0 Å². The molecule has 1 unspecified atom stereocenters. The molecule has 0 aliphatic rings. The first-order valence-corrected chi connectivity index (χ1v) is 7.03. The second-order valence-electron chi connectivity index (χ2n) is 5.08. The van der Waals surface area contributed by atoms with E-state index >= 15 is 0 Å². The van der Waals surface area contributed by atoms with Gasteiger partial charge in [0, 0.05) is 31.4 Å². The van der Waals surface area contributed by atoms with Gasteiger partial charge in [-0.25, -0.2) is 4.39 Å². The Morgan fingerprint density at radius 1 is 1.19 bits per heavy atom. The van der Waals surface area contributed by atoms with E-state index in [1.807, 2.05) is 25.2 Å². The number of aromatic nitrogens is 2. The normalized spacial score (nSPS) is 12.6. The highest BCUT2D eigenvalue weighted by Crippen LogP contribution is 2.14. The van der Waals surface area contributed by atoms with E-state index in [0.717, 1.165) is 31.4 Å². The number of hydrogen-bond acceptors (Lipinski definition) is 4. The molecule has 2 aromatic rings. The summed E-state index contributed by atoms with van der Waals surface area (Å²) in [4.78, 5) is 10.3. The SMILES string of the molecule is CN(CCc1ccccn1)CCC(O)c1ccc(F)cn1. The van der Waals surface area contributed by atoms with Crippen molar-refractivity contribution in [1.82, 2.24) is 14.9 Å². The van der Waals surface area contributed by atoms with E-state index in [9.17, 15) is 9.50 Å². The third kappa shape index (κ3) is 5.21. The molecule has 0 amide bonds. The van der Waals surface area contributed by atoms with E-state index in [1.54, 1.807) is 6.20 Å². The van der Waals surface area contributed by atoms with Crippen molar-refractivity contribution in [3.8, 4) is 0 Å². The molecular formula is C16H20FN3O. The summed E-state index contributed by atoms with van der Waals surface area (Å²) in [6.45, 7) is 1.62. The molecule has 112 valence electrons. The summed E-state index contributed by atoms with van der Waals surface area (Å²) in [5.74, 6) is -0.390. The Bertz CT molecular complexity index is 533. The molecule has 0 saturated carbocycles. The van der Waals surface area contributed by atoms with Crippen LogP contribution in [0.2, 0.25) is 0 Å². The maximum Gasteiger partial charge on any atom is 0.141 e. The maximum absolute atomic E-state index is 12.8. The minimum absolute atomic E-state index is 0.390. The highest BCUT2D eigenvalue weighted by molar-refractivity contribution is 5.08. The Morgan fingerprint density at radius 3 is 2.71 bits per heavy atom. The number of likely N-dealkylation sites (N-methyl/N-ethyl adjacent to an activating group) is 1. The Hall–Kier alpha value is -1.85. The van der Waals surface area contributed by atoms with Crippen molar-refractivity contribution in [1.29, 1.82) is 0 Å². The predicted octanol–water partition coefficient (Wildman–Crippen LogP) is 2.21. The van der Waals surface area contributed by atoms with Crippen molar-refractivity contribution in [2.75, 3.05) is 20.1 Å². The zero-order valence-electron chi connectivity index (χ0n) is 12.1. The summed E-state index contributed by atoms with van der Waals surface area (Å²) in [6, 6.07) is 8.72. The zero-order chi connectivity index (χ0) is 15.1. The zero-order valence-corrected chi connectivity index (χ0v) is 12.1. The summed E-state index contributed by atoms with van der Waals surface area (Å²) in [5, 5.41) is 10.0. The fraction of sp³-hybridized carbons (Fsp3) is 0.375. The summed E-state index contributed by atoms with van der Waals surface area (Å²) >= 11 is 0. The van der Waals surface area contributed by atoms with Gasteiger partial charge in [0.15, 0.2) is 0 Å². The minimum Gasteiger partial charge on any atom is -0.387 e. The van der Waals surface area contributed by atoms with Crippen LogP contribution in [0.25, 0.3) is 0 Å². The Labute approximate surface area is 124 Å². The molecule has 0 aliphatic carbocycles. The lowest BCUT2D eigenvalue weighted by Gasteiger charge is -2.18. The van der Waals surface area contributed by atoms with Gasteiger partial charge in [-0.1, -0.05) is 6.07 Å². The highest BCUT2D eigenvalue weighted by atomic mass is 19.1. The second kappa shape index (κ2) is 7.81. The molecule has 1 N–H and O–H groups in total. The number of aliphatic hydroxyl groups is 1. The van der Waals surface area contributed by atoms with Gasteiger partial charge in [-0.15, -0.1) is 0 Å². The number of pyridine rings is 2. The van der Waals surface area contributed by atoms with Crippen LogP contribution in [0.3, 0.4) is 0 Å². The van der Waals surface area contributed by atoms with Crippen LogP contribution in [-0.4, -0.2) is 40.1 Å². The molecule has 2 heterocycles. The van der Waals surface area contributed by atoms with Crippen LogP contribution < -0.4 is 0 Å². The number of aliphatic hydroxyl groups excluding tert-OH is 1. The monoisotopic (exact) mass is 289 g/mol. The van der Waals surface area contributed by atoms with Crippen LogP contribution in [-0.2, 0) is 6.42 Å². The topological polar surface area (TPSA) is 49.2 Å². The third-order valence-corrected chi connectivity index (χ3v) is 3.35. The highest BCUT2D eigenvalue weighted by Gasteiger charge is 2.10. The summed E-state index contributed by atoms with van der Waals surface area (Å²) in [7, 11) is 2.01. The molecule has 1 atom stereocenters. The van der Waals surface area contributed by atoms with Crippen molar-refractivity contribution in [2.24, 2.45) is 0 Å². The standard InChI is InChI=1S/C16H20FN3O/c1-20(10-7-14-4-2-3-9-18-14)11-8-16(21)15-6-5-13(17)12-19-15/h2-6,9,12,16,21H,7-8,10-11H2,1H3. The first kappa shape index (κ1) is 15.5. The van der Waals surface area contributed by atoms with Crippen molar-refractivity contribution < 1.29 is 9.50 Å². The van der Waals surface area contributed by atoms with Gasteiger partial charge in [0.2, 0.25) is 0 Å². The molecule has 0 radical (unpaired) electrons. The Kier molecular flexibility index (Phi) is 5.78. The maximum atomic E-state index is 12.8. The lowest BCUT2D eigenvalue weighted by atomic mass is 10.1. The molecule has 0 fully saturated rings. The van der Waals surface area contributed by atoms with Gasteiger partial charge >= 0.3 is 0 Å². The van der Waals surface area contributed by atoms with E-state index < -0.39 is 11.9 Å². The Morgan fingerprint density at radius 2 is 2.05 bits per heavy atom. The van der Waals surface area contributed by atoms with Crippen LogP contribution in [0, 0.1) is 5.82 Å². The van der Waals surface area contributed by atoms with Crippen LogP contribution >= 0.6 is 0 Å². The molecule has 0 spiro atoms. The average molecular weight is 289 g/mol. The first-order valence-electron chi connectivity index (χ1n) is 7.03. The lowest BCUT2D eigenvalue weighted by Crippen LogP contribution is -2.24. The lowest BCUT2D eigenvalue weighted by molar-refractivity contribution is 0.145. The van der Waals surface area contributed by atoms with Crippen LogP contribution in [0.15, 0.2) is 42.7 Å². The largest absolute Gasteiger partial charge is 0.387 e. The smallest absolute Gasteiger partial charge is 0.141 e. The van der Waals surface area contributed by atoms with Crippen LogP contribution in [0.5, 0.6) is 0 Å². The number of hydrogen-bond donors (Lipinski definition) is 1. The van der Waals surface area contributed by atoms with E-state index in [4.69, 9.17) is 0 Å². The molecule has 0 aliphatic heterocycles. The van der Waals surface area contributed by atoms with Gasteiger partial charge in [0.05, 0.1) is 18.0 Å². The molecular weight excluding hydrogens is 269 g/mol. The second-order valence-corrected chi connectivity index (χ2v) is 5.08. The molecule has 5 heteroatoms. The number of rotatable bonds is 7. The van der Waals surface area contributed by atoms with Crippen molar-refractivity contribution in [3.05, 3.63) is 59.9 Å². The van der Waals surface area contributed by atoms with E-state index in [-0.39, 0.29) is 0 Å². The van der Waals surface area contributed by atoms with Gasteiger partial charge < -0.3 is 10.0 Å². The molecule has 0 bridgehead atoms. The molecule has 0 saturated heterocycles. The fourth-order valence-electron chi connectivity index (χ4n) is 2.04. The summed E-state index contributed by atoms with van der Waals surface area (Å²) < 4.78 is 12.8. The molecule has 2 rings (SSSR count). The van der Waals surface area contributed by atoms with Gasteiger partial charge in [-0.05, 0) is 37.7 Å². The van der Waals surface area contributed by atoms with Gasteiger partial charge in [-0.3, -0.25) is 9.97 Å².